The molecule has 1 nitrogen and oxygen atoms in total. The molecule has 0 aromatic heterocycles. The molecule has 1 aliphatic heterocycles. The summed E-state index contributed by atoms with van der Waals surface area (Å²) >= 11 is 0. The molecule has 0 radical (unpaired) electrons. The number of hydrogen-bond acceptors (Lipinski definition) is 1. The Morgan fingerprint density at radius 2 is 1.60 bits per heavy atom. The summed E-state index contributed by atoms with van der Waals surface area (Å²) in [6, 6.07) is 1.30. The summed E-state index contributed by atoms with van der Waals surface area (Å²) < 4.78 is 6.47. The molecule has 0 bridgehead atoms. The first-order valence-electron chi connectivity index (χ1n) is 5.81. The van der Waals surface area contributed by atoms with Crippen LogP contribution in [0, 0.1) is 0 Å². The highest BCUT2D eigenvalue weighted by Crippen LogP contribution is 2.44. The van der Waals surface area contributed by atoms with Gasteiger partial charge >= 0.3 is 0 Å². The van der Waals surface area contributed by atoms with Crippen LogP contribution in [0.1, 0.15) is 13.8 Å². The van der Waals surface area contributed by atoms with Crippen LogP contribution in [0.15, 0.2) is 12.3 Å². The lowest BCUT2D eigenvalue weighted by atomic mass is 10.2. The minimum Gasteiger partial charge on any atom is -0.415 e. The van der Waals surface area contributed by atoms with Gasteiger partial charge in [-0.3, -0.25) is 0 Å². The molecule has 1 rings (SSSR count). The molecule has 1 heterocycles. The Morgan fingerprint density at radius 1 is 1.13 bits per heavy atom. The van der Waals surface area contributed by atoms with Crippen molar-refractivity contribution in [1.82, 2.24) is 0 Å². The van der Waals surface area contributed by atoms with Gasteiger partial charge in [-0.15, -0.1) is 12.3 Å². The summed E-state index contributed by atoms with van der Waals surface area (Å²) in [7, 11) is -4.02. The Bertz CT molecular complexity index is 262. The molecule has 0 saturated carbocycles. The molecular formula is C11H26OSi3. The zero-order chi connectivity index (χ0) is 12.1. The first-order chi connectivity index (χ1) is 6.47. The van der Waals surface area contributed by atoms with Crippen molar-refractivity contribution in [2.75, 3.05) is 0 Å². The van der Waals surface area contributed by atoms with Crippen molar-refractivity contribution in [3.05, 3.63) is 12.3 Å². The van der Waals surface area contributed by atoms with Crippen molar-refractivity contribution in [1.29, 1.82) is 0 Å². The summed E-state index contributed by atoms with van der Waals surface area (Å²) in [6.07, 6.45) is 0. The molecule has 0 spiro atoms. The maximum atomic E-state index is 6.47. The lowest BCUT2D eigenvalue weighted by Crippen LogP contribution is -2.78. The van der Waals surface area contributed by atoms with Gasteiger partial charge in [-0.05, 0) is 33.0 Å². The maximum Gasteiger partial charge on any atom is 0.176 e. The second-order valence-corrected chi connectivity index (χ2v) is 32.4. The van der Waals surface area contributed by atoms with E-state index in [1.807, 2.05) is 0 Å². The molecule has 1 saturated heterocycles. The van der Waals surface area contributed by atoms with E-state index in [-0.39, 0.29) is 5.60 Å². The Balaban J connectivity index is 3.24. The highest BCUT2D eigenvalue weighted by molar-refractivity contribution is 7.69. The van der Waals surface area contributed by atoms with E-state index in [0.717, 1.165) is 0 Å². The van der Waals surface area contributed by atoms with Gasteiger partial charge in [-0.1, -0.05) is 19.6 Å². The van der Waals surface area contributed by atoms with Crippen LogP contribution < -0.4 is 0 Å². The van der Waals surface area contributed by atoms with E-state index in [0.29, 0.717) is 0 Å². The Morgan fingerprint density at radius 3 is 1.93 bits per heavy atom. The quantitative estimate of drug-likeness (QED) is 0.652. The van der Waals surface area contributed by atoms with Crippen molar-refractivity contribution >= 4 is 22.5 Å². The minimum atomic E-state index is -1.53. The molecule has 1 atom stereocenters. The fourth-order valence-corrected chi connectivity index (χ4v) is 38.3. The van der Waals surface area contributed by atoms with Crippen molar-refractivity contribution in [2.45, 2.75) is 58.2 Å². The molecule has 1 fully saturated rings. The average Bonchev–Trinajstić information content (AvgIpc) is 1.95. The molecule has 88 valence electrons. The molecule has 1 unspecified atom stereocenters. The standard InChI is InChI=1S/C11H26OSi3/c1-9-15(8)13(4,5)10-11(2,3)12-14(15,6)7/h9H,1,10H2,2-8H3. The third kappa shape index (κ3) is 1.97. The minimum absolute atomic E-state index is 0.112. The summed E-state index contributed by atoms with van der Waals surface area (Å²) in [5.74, 6) is 0. The summed E-state index contributed by atoms with van der Waals surface area (Å²) in [6.45, 7) is 21.1. The molecular weight excluding hydrogens is 232 g/mol. The topological polar surface area (TPSA) is 9.23 Å². The largest absolute Gasteiger partial charge is 0.415 e. The molecule has 0 amide bonds. The second kappa shape index (κ2) is 3.42. The maximum absolute atomic E-state index is 6.47. The fraction of sp³-hybridized carbons (Fsp3) is 0.818. The van der Waals surface area contributed by atoms with Gasteiger partial charge in [0.15, 0.2) is 7.83 Å². The van der Waals surface area contributed by atoms with Gasteiger partial charge in [-0.2, -0.15) is 0 Å². The lowest BCUT2D eigenvalue weighted by molar-refractivity contribution is 0.122. The molecule has 4 heteroatoms. The Hall–Kier alpha value is 0.351. The van der Waals surface area contributed by atoms with Crippen LogP contribution >= 0.6 is 0 Å². The van der Waals surface area contributed by atoms with E-state index in [9.17, 15) is 0 Å². The van der Waals surface area contributed by atoms with E-state index in [2.05, 4.69) is 58.9 Å². The van der Waals surface area contributed by atoms with Crippen molar-refractivity contribution in [3.8, 4) is 0 Å². The van der Waals surface area contributed by atoms with Gasteiger partial charge in [-0.25, -0.2) is 0 Å². The molecule has 0 N–H and O–H groups in total. The zero-order valence-electron chi connectivity index (χ0n) is 11.4. The van der Waals surface area contributed by atoms with E-state index in [1.54, 1.807) is 0 Å². The molecule has 15 heavy (non-hydrogen) atoms. The molecule has 1 aliphatic rings. The van der Waals surface area contributed by atoms with Crippen LogP contribution in [0.25, 0.3) is 0 Å². The summed E-state index contributed by atoms with van der Waals surface area (Å²) in [4.78, 5) is 0. The molecule has 0 aromatic carbocycles. The Kier molecular flexibility index (Phi) is 3.06. The highest BCUT2D eigenvalue weighted by Gasteiger charge is 2.61. The summed E-state index contributed by atoms with van der Waals surface area (Å²) in [5, 5.41) is 0. The number of rotatable bonds is 1. The first kappa shape index (κ1) is 13.4. The van der Waals surface area contributed by atoms with E-state index < -0.39 is 22.5 Å². The predicted octanol–water partition coefficient (Wildman–Crippen LogP) is 3.67. The highest BCUT2D eigenvalue weighted by atomic mass is 29.6. The van der Waals surface area contributed by atoms with Crippen LogP contribution in [0.5, 0.6) is 0 Å². The van der Waals surface area contributed by atoms with Gasteiger partial charge < -0.3 is 4.43 Å². The van der Waals surface area contributed by atoms with E-state index in [4.69, 9.17) is 4.43 Å². The third-order valence-electron chi connectivity index (χ3n) is 4.46. The van der Waals surface area contributed by atoms with Crippen LogP contribution in [0.2, 0.25) is 38.8 Å². The fourth-order valence-electron chi connectivity index (χ4n) is 3.42. The van der Waals surface area contributed by atoms with Crippen LogP contribution in [0.4, 0.5) is 0 Å². The van der Waals surface area contributed by atoms with Crippen LogP contribution in [-0.4, -0.2) is 28.1 Å². The smallest absolute Gasteiger partial charge is 0.176 e. The normalized spacial score (nSPS) is 37.3. The Labute approximate surface area is 97.7 Å². The first-order valence-corrected chi connectivity index (χ1v) is 16.5. The van der Waals surface area contributed by atoms with Gasteiger partial charge in [0, 0.05) is 13.2 Å². The van der Waals surface area contributed by atoms with Gasteiger partial charge in [0.2, 0.25) is 0 Å². The molecule has 0 aliphatic carbocycles. The van der Waals surface area contributed by atoms with Crippen molar-refractivity contribution in [2.24, 2.45) is 0 Å². The van der Waals surface area contributed by atoms with Crippen molar-refractivity contribution < 1.29 is 4.43 Å². The van der Waals surface area contributed by atoms with Gasteiger partial charge in [0.25, 0.3) is 0 Å². The van der Waals surface area contributed by atoms with E-state index in [1.165, 1.54) is 6.04 Å². The predicted molar refractivity (Wildman–Crippen MR) is 76.8 cm³/mol. The van der Waals surface area contributed by atoms with Crippen LogP contribution in [0.3, 0.4) is 0 Å². The second-order valence-electron chi connectivity index (χ2n) is 6.84. The monoisotopic (exact) mass is 258 g/mol. The third-order valence-corrected chi connectivity index (χ3v) is 42.9. The zero-order valence-corrected chi connectivity index (χ0v) is 14.4. The lowest BCUT2D eigenvalue weighted by Gasteiger charge is -2.57. The summed E-state index contributed by atoms with van der Waals surface area (Å²) in [5.41, 5.74) is 2.45. The van der Waals surface area contributed by atoms with Gasteiger partial charge in [0.05, 0.1) is 7.11 Å². The SMILES string of the molecule is C=C[Si]1(C)[Si](C)(C)CC(C)(C)O[Si]1(C)C. The van der Waals surface area contributed by atoms with Gasteiger partial charge in [0.1, 0.15) is 0 Å². The van der Waals surface area contributed by atoms with E-state index >= 15 is 0 Å². The number of hydrogen-bond donors (Lipinski definition) is 0. The van der Waals surface area contributed by atoms with Crippen LogP contribution in [-0.2, 0) is 4.43 Å². The average molecular weight is 259 g/mol. The molecule has 0 aromatic rings. The van der Waals surface area contributed by atoms with Crippen molar-refractivity contribution in [3.63, 3.8) is 0 Å².